The van der Waals surface area contributed by atoms with Crippen molar-refractivity contribution in [1.82, 2.24) is 0 Å². The molecule has 76 valence electrons. The summed E-state index contributed by atoms with van der Waals surface area (Å²) in [6, 6.07) is 3.99. The number of alkyl halides is 2. The van der Waals surface area contributed by atoms with Crippen LogP contribution in [-0.4, -0.2) is 20.1 Å². The van der Waals surface area contributed by atoms with Crippen LogP contribution in [0.5, 0.6) is 0 Å². The van der Waals surface area contributed by atoms with E-state index in [4.69, 9.17) is 16.7 Å². The van der Waals surface area contributed by atoms with Gasteiger partial charge in [0, 0.05) is 10.0 Å². The van der Waals surface area contributed by atoms with E-state index in [2.05, 4.69) is 15.9 Å². The van der Waals surface area contributed by atoms with E-state index in [1.807, 2.05) is 0 Å². The minimum atomic E-state index is -3.28. The molecule has 0 aliphatic carbocycles. The molecule has 0 spiro atoms. The molecule has 1 nitrogen and oxygen atoms in total. The van der Waals surface area contributed by atoms with Gasteiger partial charge < -0.3 is 13.5 Å². The SMILES string of the molecule is OCC(F)(F)c1ccc(Br)cc1Cl.[B-].[Na+]. The molecule has 0 aromatic heterocycles. The monoisotopic (exact) mass is 304 g/mol. The van der Waals surface area contributed by atoms with Gasteiger partial charge in [0.2, 0.25) is 0 Å². The van der Waals surface area contributed by atoms with E-state index in [1.165, 1.54) is 18.2 Å². The van der Waals surface area contributed by atoms with Crippen LogP contribution in [0.15, 0.2) is 22.7 Å². The van der Waals surface area contributed by atoms with E-state index in [9.17, 15) is 8.78 Å². The van der Waals surface area contributed by atoms with Crippen molar-refractivity contribution in [2.75, 3.05) is 6.61 Å². The minimum Gasteiger partial charge on any atom is -1.00 e. The van der Waals surface area contributed by atoms with Crippen LogP contribution in [0.2, 0.25) is 5.02 Å². The molecule has 0 bridgehead atoms. The van der Waals surface area contributed by atoms with Gasteiger partial charge in [-0.15, -0.1) is 0 Å². The quantitative estimate of drug-likeness (QED) is 0.751. The molecule has 0 heterocycles. The van der Waals surface area contributed by atoms with E-state index in [1.54, 1.807) is 0 Å². The largest absolute Gasteiger partial charge is 1.00 e. The predicted octanol–water partition coefficient (Wildman–Crippen LogP) is -0.190. The van der Waals surface area contributed by atoms with Gasteiger partial charge in [0.15, 0.2) is 0 Å². The Labute approximate surface area is 124 Å². The molecule has 0 amide bonds. The topological polar surface area (TPSA) is 20.2 Å². The van der Waals surface area contributed by atoms with Crippen LogP contribution in [-0.2, 0) is 5.92 Å². The third-order valence-electron chi connectivity index (χ3n) is 1.52. The predicted molar refractivity (Wildman–Crippen MR) is 55.9 cm³/mol. The molecule has 0 aliphatic heterocycles. The maximum Gasteiger partial charge on any atom is 1.00 e. The Morgan fingerprint density at radius 2 is 1.93 bits per heavy atom. The van der Waals surface area contributed by atoms with Crippen LogP contribution in [0.3, 0.4) is 0 Å². The molecule has 0 saturated carbocycles. The summed E-state index contributed by atoms with van der Waals surface area (Å²) in [4.78, 5) is 0. The van der Waals surface area contributed by atoms with Gasteiger partial charge in [0.1, 0.15) is 6.61 Å². The normalized spacial score (nSPS) is 10.2. The number of rotatable bonds is 2. The molecule has 0 saturated heterocycles. The summed E-state index contributed by atoms with van der Waals surface area (Å²) in [5.41, 5.74) is -0.361. The molecule has 1 rings (SSSR count). The third-order valence-corrected chi connectivity index (χ3v) is 2.33. The van der Waals surface area contributed by atoms with Gasteiger partial charge in [-0.2, -0.15) is 8.78 Å². The van der Waals surface area contributed by atoms with Gasteiger partial charge in [-0.1, -0.05) is 33.6 Å². The van der Waals surface area contributed by atoms with E-state index < -0.39 is 12.5 Å². The van der Waals surface area contributed by atoms with Crippen molar-refractivity contribution in [2.45, 2.75) is 5.92 Å². The van der Waals surface area contributed by atoms with Gasteiger partial charge in [-0.25, -0.2) is 0 Å². The molecule has 1 aromatic rings. The Kier molecular flexibility index (Phi) is 8.82. The third kappa shape index (κ3) is 4.71. The Balaban J connectivity index is 0. The number of hydrogen-bond acceptors (Lipinski definition) is 1. The summed E-state index contributed by atoms with van der Waals surface area (Å²) in [6.45, 7) is -1.24. The molecule has 15 heavy (non-hydrogen) atoms. The Hall–Kier alpha value is 0.875. The molecule has 1 N–H and O–H groups in total. The van der Waals surface area contributed by atoms with Gasteiger partial charge in [-0.05, 0) is 12.1 Å². The first-order valence-corrected chi connectivity index (χ1v) is 4.58. The van der Waals surface area contributed by atoms with Gasteiger partial charge in [-0.3, -0.25) is 0 Å². The summed E-state index contributed by atoms with van der Waals surface area (Å²) in [5.74, 6) is -3.28. The standard InChI is InChI=1S/C8H6BrClF2O.B.Na/c9-5-1-2-6(7(10)3-5)8(11,12)4-13;;/h1-3,13H,4H2;;/q;-1;+1. The molecular formula is C8H6BBrClF2NaO. The maximum absolute atomic E-state index is 12.9. The fourth-order valence-corrected chi connectivity index (χ4v) is 1.68. The Morgan fingerprint density at radius 3 is 2.33 bits per heavy atom. The fourth-order valence-electron chi connectivity index (χ4n) is 0.871. The van der Waals surface area contributed by atoms with Crippen molar-refractivity contribution >= 4 is 35.9 Å². The Morgan fingerprint density at radius 1 is 1.40 bits per heavy atom. The number of hydrogen-bond donors (Lipinski definition) is 1. The summed E-state index contributed by atoms with van der Waals surface area (Å²) >= 11 is 8.66. The second kappa shape index (κ2) is 7.25. The molecule has 4 radical (unpaired) electrons. The molecule has 7 heteroatoms. The molecule has 0 aliphatic rings. The van der Waals surface area contributed by atoms with Crippen molar-refractivity contribution < 1.29 is 43.4 Å². The van der Waals surface area contributed by atoms with Crippen molar-refractivity contribution in [3.8, 4) is 0 Å². The first-order valence-electron chi connectivity index (χ1n) is 3.41. The van der Waals surface area contributed by atoms with Gasteiger partial charge >= 0.3 is 29.6 Å². The number of aliphatic hydroxyl groups excluding tert-OH is 1. The molecule has 1 aromatic carbocycles. The summed E-state index contributed by atoms with van der Waals surface area (Å²) < 4.78 is 26.5. The Bertz CT molecular complexity index is 328. The summed E-state index contributed by atoms with van der Waals surface area (Å²) in [7, 11) is 0. The van der Waals surface area contributed by atoms with Crippen molar-refractivity contribution in [2.24, 2.45) is 0 Å². The molecule has 0 fully saturated rings. The summed E-state index contributed by atoms with van der Waals surface area (Å²) in [6.07, 6.45) is 0. The van der Waals surface area contributed by atoms with Gasteiger partial charge in [0.25, 0.3) is 5.92 Å². The van der Waals surface area contributed by atoms with Crippen molar-refractivity contribution in [3.63, 3.8) is 0 Å². The van der Waals surface area contributed by atoms with Crippen LogP contribution in [0.4, 0.5) is 8.78 Å². The fraction of sp³-hybridized carbons (Fsp3) is 0.250. The zero-order valence-corrected chi connectivity index (χ0v) is 12.3. The van der Waals surface area contributed by atoms with Crippen molar-refractivity contribution in [1.29, 1.82) is 0 Å². The number of aliphatic hydroxyl groups is 1. The first-order chi connectivity index (χ1) is 5.97. The maximum atomic E-state index is 12.9. The van der Waals surface area contributed by atoms with E-state index in [0.717, 1.165) is 0 Å². The molecular weight excluding hydrogens is 299 g/mol. The average Bonchev–Trinajstić information content (AvgIpc) is 2.03. The van der Waals surface area contributed by atoms with E-state index in [-0.39, 0.29) is 48.6 Å². The van der Waals surface area contributed by atoms with E-state index >= 15 is 0 Å². The van der Waals surface area contributed by atoms with Crippen molar-refractivity contribution in [3.05, 3.63) is 33.3 Å². The van der Waals surface area contributed by atoms with Crippen LogP contribution < -0.4 is 29.6 Å². The van der Waals surface area contributed by atoms with Gasteiger partial charge in [0.05, 0.1) is 5.02 Å². The average molecular weight is 305 g/mol. The van der Waals surface area contributed by atoms with Crippen LogP contribution in [0.25, 0.3) is 0 Å². The summed E-state index contributed by atoms with van der Waals surface area (Å²) in [5, 5.41) is 8.36. The molecule has 0 unspecified atom stereocenters. The van der Waals surface area contributed by atoms with E-state index in [0.29, 0.717) is 4.47 Å². The second-order valence-electron chi connectivity index (χ2n) is 2.49. The minimum absolute atomic E-state index is 0. The van der Waals surface area contributed by atoms with Crippen LogP contribution >= 0.6 is 27.5 Å². The smallest absolute Gasteiger partial charge is 1.00 e. The first kappa shape index (κ1) is 18.2. The zero-order chi connectivity index (χ0) is 10.1. The molecule has 0 atom stereocenters. The number of halogens is 4. The zero-order valence-electron chi connectivity index (χ0n) is 7.98. The van der Waals surface area contributed by atoms with Crippen LogP contribution in [0, 0.1) is 0 Å². The van der Waals surface area contributed by atoms with Crippen LogP contribution in [0.1, 0.15) is 5.56 Å². The number of benzene rings is 1. The second-order valence-corrected chi connectivity index (χ2v) is 3.81.